The Labute approximate surface area is 84.5 Å². The van der Waals surface area contributed by atoms with Crippen LogP contribution < -0.4 is 4.74 Å². The number of rotatable bonds is 3. The Balaban J connectivity index is 2.21. The Morgan fingerprint density at radius 3 is 3.14 bits per heavy atom. The summed E-state index contributed by atoms with van der Waals surface area (Å²) in [5, 5.41) is 8.80. The second-order valence-electron chi connectivity index (χ2n) is 3.85. The SMILES string of the molecule is CC1Cc2c(CCCO)cccc2O1. The van der Waals surface area contributed by atoms with Gasteiger partial charge < -0.3 is 9.84 Å². The van der Waals surface area contributed by atoms with Crippen molar-refractivity contribution in [2.45, 2.75) is 32.3 Å². The molecule has 1 aliphatic rings. The summed E-state index contributed by atoms with van der Waals surface area (Å²) in [7, 11) is 0. The number of aliphatic hydroxyl groups is 1. The molecule has 0 radical (unpaired) electrons. The van der Waals surface area contributed by atoms with Crippen LogP contribution in [0, 0.1) is 0 Å². The zero-order valence-electron chi connectivity index (χ0n) is 8.49. The van der Waals surface area contributed by atoms with Crippen LogP contribution in [0.15, 0.2) is 18.2 Å². The highest BCUT2D eigenvalue weighted by molar-refractivity contribution is 5.43. The molecule has 1 unspecified atom stereocenters. The molecule has 1 aliphatic heterocycles. The summed E-state index contributed by atoms with van der Waals surface area (Å²) < 4.78 is 5.66. The molecule has 0 fully saturated rings. The van der Waals surface area contributed by atoms with Crippen LogP contribution in [-0.2, 0) is 12.8 Å². The van der Waals surface area contributed by atoms with E-state index in [4.69, 9.17) is 9.84 Å². The van der Waals surface area contributed by atoms with Gasteiger partial charge in [-0.05, 0) is 31.4 Å². The fourth-order valence-electron chi connectivity index (χ4n) is 2.00. The fraction of sp³-hybridized carbons (Fsp3) is 0.500. The molecular formula is C12H16O2. The van der Waals surface area contributed by atoms with Crippen molar-refractivity contribution in [2.75, 3.05) is 6.61 Å². The van der Waals surface area contributed by atoms with Gasteiger partial charge in [-0.3, -0.25) is 0 Å². The van der Waals surface area contributed by atoms with Crippen LogP contribution in [0.4, 0.5) is 0 Å². The third-order valence-electron chi connectivity index (χ3n) is 2.65. The van der Waals surface area contributed by atoms with E-state index in [2.05, 4.69) is 13.0 Å². The van der Waals surface area contributed by atoms with Gasteiger partial charge in [-0.15, -0.1) is 0 Å². The zero-order chi connectivity index (χ0) is 9.97. The standard InChI is InChI=1S/C12H16O2/c1-9-8-11-10(5-3-7-13)4-2-6-12(11)14-9/h2,4,6,9,13H,3,5,7-8H2,1H3. The number of benzene rings is 1. The number of fused-ring (bicyclic) bond motifs is 1. The normalized spacial score (nSPS) is 19.1. The molecule has 0 spiro atoms. The highest BCUT2D eigenvalue weighted by Crippen LogP contribution is 2.31. The van der Waals surface area contributed by atoms with Crippen LogP contribution in [0.3, 0.4) is 0 Å². The van der Waals surface area contributed by atoms with Crippen LogP contribution >= 0.6 is 0 Å². The molecule has 1 aromatic carbocycles. The lowest BCUT2D eigenvalue weighted by Crippen LogP contribution is -2.05. The third kappa shape index (κ3) is 1.75. The third-order valence-corrected chi connectivity index (χ3v) is 2.65. The van der Waals surface area contributed by atoms with Crippen molar-refractivity contribution in [3.8, 4) is 5.75 Å². The number of hydrogen-bond donors (Lipinski definition) is 1. The quantitative estimate of drug-likeness (QED) is 0.793. The molecule has 1 aromatic rings. The summed E-state index contributed by atoms with van der Waals surface area (Å²) in [6, 6.07) is 6.20. The second kappa shape index (κ2) is 4.01. The van der Waals surface area contributed by atoms with E-state index in [0.717, 1.165) is 25.0 Å². The minimum atomic E-state index is 0.264. The Morgan fingerprint density at radius 2 is 2.36 bits per heavy atom. The van der Waals surface area contributed by atoms with Gasteiger partial charge in [-0.25, -0.2) is 0 Å². The molecule has 2 heteroatoms. The summed E-state index contributed by atoms with van der Waals surface area (Å²) >= 11 is 0. The molecule has 1 N–H and O–H groups in total. The monoisotopic (exact) mass is 192 g/mol. The molecule has 0 amide bonds. The maximum atomic E-state index is 8.80. The molecular weight excluding hydrogens is 176 g/mol. The first-order chi connectivity index (χ1) is 6.81. The maximum absolute atomic E-state index is 8.80. The first kappa shape index (κ1) is 9.53. The van der Waals surface area contributed by atoms with Crippen molar-refractivity contribution in [1.82, 2.24) is 0 Å². The van der Waals surface area contributed by atoms with E-state index in [1.54, 1.807) is 0 Å². The Kier molecular flexibility index (Phi) is 2.73. The minimum absolute atomic E-state index is 0.264. The molecule has 0 aromatic heterocycles. The number of aryl methyl sites for hydroxylation is 1. The minimum Gasteiger partial charge on any atom is -0.490 e. The average molecular weight is 192 g/mol. The van der Waals surface area contributed by atoms with Crippen LogP contribution in [0.25, 0.3) is 0 Å². The van der Waals surface area contributed by atoms with Crippen molar-refractivity contribution in [3.05, 3.63) is 29.3 Å². The molecule has 1 atom stereocenters. The van der Waals surface area contributed by atoms with E-state index in [9.17, 15) is 0 Å². The molecule has 1 heterocycles. The predicted octanol–water partition coefficient (Wildman–Crippen LogP) is 1.93. The van der Waals surface area contributed by atoms with Crippen LogP contribution in [0.1, 0.15) is 24.5 Å². The van der Waals surface area contributed by atoms with Crippen molar-refractivity contribution < 1.29 is 9.84 Å². The number of hydrogen-bond acceptors (Lipinski definition) is 2. The lowest BCUT2D eigenvalue weighted by atomic mass is 10.00. The van der Waals surface area contributed by atoms with Crippen molar-refractivity contribution in [1.29, 1.82) is 0 Å². The fourth-order valence-corrected chi connectivity index (χ4v) is 2.00. The van der Waals surface area contributed by atoms with E-state index in [-0.39, 0.29) is 6.61 Å². The average Bonchev–Trinajstić information content (AvgIpc) is 2.55. The predicted molar refractivity (Wildman–Crippen MR) is 55.6 cm³/mol. The maximum Gasteiger partial charge on any atom is 0.123 e. The van der Waals surface area contributed by atoms with E-state index >= 15 is 0 Å². The van der Waals surface area contributed by atoms with Crippen LogP contribution in [0.2, 0.25) is 0 Å². The second-order valence-corrected chi connectivity index (χ2v) is 3.85. The van der Waals surface area contributed by atoms with Gasteiger partial charge >= 0.3 is 0 Å². The first-order valence-electron chi connectivity index (χ1n) is 5.19. The molecule has 0 aliphatic carbocycles. The largest absolute Gasteiger partial charge is 0.490 e. The van der Waals surface area contributed by atoms with Gasteiger partial charge in [0.1, 0.15) is 11.9 Å². The zero-order valence-corrected chi connectivity index (χ0v) is 8.49. The molecule has 76 valence electrons. The molecule has 2 rings (SSSR count). The summed E-state index contributed by atoms with van der Waals surface area (Å²) in [5.41, 5.74) is 2.68. The Bertz CT molecular complexity index is 320. The van der Waals surface area contributed by atoms with Gasteiger partial charge in [-0.1, -0.05) is 12.1 Å². The smallest absolute Gasteiger partial charge is 0.123 e. The van der Waals surface area contributed by atoms with E-state index < -0.39 is 0 Å². The topological polar surface area (TPSA) is 29.5 Å². The van der Waals surface area contributed by atoms with Crippen LogP contribution in [-0.4, -0.2) is 17.8 Å². The summed E-state index contributed by atoms with van der Waals surface area (Å²) in [5.74, 6) is 1.04. The number of ether oxygens (including phenoxy) is 1. The van der Waals surface area contributed by atoms with Gasteiger partial charge in [0.2, 0.25) is 0 Å². The molecule has 0 saturated heterocycles. The van der Waals surface area contributed by atoms with Gasteiger partial charge in [0.15, 0.2) is 0 Å². The molecule has 2 nitrogen and oxygen atoms in total. The lowest BCUT2D eigenvalue weighted by molar-refractivity contribution is 0.254. The van der Waals surface area contributed by atoms with Crippen molar-refractivity contribution in [3.63, 3.8) is 0 Å². The number of aliphatic hydroxyl groups excluding tert-OH is 1. The van der Waals surface area contributed by atoms with Crippen LogP contribution in [0.5, 0.6) is 5.75 Å². The van der Waals surface area contributed by atoms with Gasteiger partial charge in [0.25, 0.3) is 0 Å². The molecule has 0 saturated carbocycles. The van der Waals surface area contributed by atoms with Gasteiger partial charge in [0, 0.05) is 18.6 Å². The first-order valence-corrected chi connectivity index (χ1v) is 5.19. The molecule has 14 heavy (non-hydrogen) atoms. The molecule has 0 bridgehead atoms. The summed E-state index contributed by atoms with van der Waals surface area (Å²) in [4.78, 5) is 0. The van der Waals surface area contributed by atoms with Crippen molar-refractivity contribution in [2.24, 2.45) is 0 Å². The lowest BCUT2D eigenvalue weighted by Gasteiger charge is -2.05. The summed E-state index contributed by atoms with van der Waals surface area (Å²) in [6.07, 6.45) is 3.11. The summed E-state index contributed by atoms with van der Waals surface area (Å²) in [6.45, 7) is 2.36. The highest BCUT2D eigenvalue weighted by Gasteiger charge is 2.20. The Hall–Kier alpha value is -1.02. The van der Waals surface area contributed by atoms with Gasteiger partial charge in [-0.2, -0.15) is 0 Å². The van der Waals surface area contributed by atoms with E-state index in [1.165, 1.54) is 11.1 Å². The van der Waals surface area contributed by atoms with Crippen molar-refractivity contribution >= 4 is 0 Å². The van der Waals surface area contributed by atoms with E-state index in [0.29, 0.717) is 6.10 Å². The van der Waals surface area contributed by atoms with E-state index in [1.807, 2.05) is 12.1 Å². The van der Waals surface area contributed by atoms with Gasteiger partial charge in [0.05, 0.1) is 0 Å². The highest BCUT2D eigenvalue weighted by atomic mass is 16.5. The Morgan fingerprint density at radius 1 is 1.50 bits per heavy atom.